The molecule has 1 unspecified atom stereocenters. The summed E-state index contributed by atoms with van der Waals surface area (Å²) in [5.41, 5.74) is 1.37. The van der Waals surface area contributed by atoms with Crippen molar-refractivity contribution in [1.29, 1.82) is 0 Å². The van der Waals surface area contributed by atoms with Crippen LogP contribution in [0, 0.1) is 5.41 Å². The van der Waals surface area contributed by atoms with Crippen LogP contribution in [0.1, 0.15) is 32.8 Å². The van der Waals surface area contributed by atoms with Crippen molar-refractivity contribution in [3.63, 3.8) is 0 Å². The Kier molecular flexibility index (Phi) is 5.78. The first-order valence-electron chi connectivity index (χ1n) is 6.15. The molecule has 3 heteroatoms. The first kappa shape index (κ1) is 14.8. The molecule has 0 saturated heterocycles. The molecule has 17 heavy (non-hydrogen) atoms. The van der Waals surface area contributed by atoms with Crippen LogP contribution in [-0.4, -0.2) is 13.1 Å². The van der Waals surface area contributed by atoms with E-state index in [9.17, 15) is 0 Å². The smallest absolute Gasteiger partial charge is 0.0439 e. The minimum atomic E-state index is 0.227. The predicted molar refractivity (Wildman–Crippen MR) is 77.1 cm³/mol. The number of benzene rings is 1. The van der Waals surface area contributed by atoms with Gasteiger partial charge < -0.3 is 5.32 Å². The molecular formula is C14H21Cl2N. The first-order chi connectivity index (χ1) is 8.00. The highest BCUT2D eigenvalue weighted by Crippen LogP contribution is 2.30. The van der Waals surface area contributed by atoms with E-state index in [0.29, 0.717) is 0 Å². The van der Waals surface area contributed by atoms with E-state index in [1.807, 2.05) is 18.2 Å². The Hall–Kier alpha value is -0.240. The van der Waals surface area contributed by atoms with Crippen LogP contribution >= 0.6 is 23.2 Å². The van der Waals surface area contributed by atoms with E-state index in [1.54, 1.807) is 0 Å². The average Bonchev–Trinajstić information content (AvgIpc) is 2.31. The van der Waals surface area contributed by atoms with E-state index in [-0.39, 0.29) is 5.41 Å². The molecule has 0 aliphatic carbocycles. The molecule has 0 saturated carbocycles. The van der Waals surface area contributed by atoms with Crippen molar-refractivity contribution in [2.75, 3.05) is 13.1 Å². The fourth-order valence-corrected chi connectivity index (χ4v) is 2.26. The third-order valence-corrected chi connectivity index (χ3v) is 3.88. The molecule has 0 aromatic heterocycles. The van der Waals surface area contributed by atoms with Crippen molar-refractivity contribution in [1.82, 2.24) is 5.32 Å². The quantitative estimate of drug-likeness (QED) is 0.801. The summed E-state index contributed by atoms with van der Waals surface area (Å²) in [5.74, 6) is 0. The number of hydrogen-bond acceptors (Lipinski definition) is 1. The summed E-state index contributed by atoms with van der Waals surface area (Å²) in [4.78, 5) is 0. The number of rotatable bonds is 6. The van der Waals surface area contributed by atoms with Gasteiger partial charge in [-0.15, -0.1) is 0 Å². The zero-order valence-electron chi connectivity index (χ0n) is 10.8. The van der Waals surface area contributed by atoms with Crippen molar-refractivity contribution in [3.8, 4) is 0 Å². The summed E-state index contributed by atoms with van der Waals surface area (Å²) >= 11 is 12.2. The van der Waals surface area contributed by atoms with E-state index >= 15 is 0 Å². The second-order valence-electron chi connectivity index (χ2n) is 4.86. The number of hydrogen-bond donors (Lipinski definition) is 1. The van der Waals surface area contributed by atoms with Gasteiger partial charge in [0.05, 0.1) is 0 Å². The lowest BCUT2D eigenvalue weighted by molar-refractivity contribution is 0.293. The fraction of sp³-hybridized carbons (Fsp3) is 0.571. The Morgan fingerprint density at radius 1 is 1.24 bits per heavy atom. The molecule has 0 aliphatic heterocycles. The molecule has 1 aromatic rings. The topological polar surface area (TPSA) is 12.0 Å². The monoisotopic (exact) mass is 273 g/mol. The van der Waals surface area contributed by atoms with Crippen LogP contribution in [0.4, 0.5) is 0 Å². The van der Waals surface area contributed by atoms with Gasteiger partial charge in [0.25, 0.3) is 0 Å². The lowest BCUT2D eigenvalue weighted by Gasteiger charge is -2.29. The van der Waals surface area contributed by atoms with Crippen molar-refractivity contribution in [3.05, 3.63) is 33.8 Å². The Morgan fingerprint density at radius 3 is 2.53 bits per heavy atom. The molecule has 1 rings (SSSR count). The first-order valence-corrected chi connectivity index (χ1v) is 6.91. The van der Waals surface area contributed by atoms with Gasteiger partial charge in [0.1, 0.15) is 0 Å². The minimum absolute atomic E-state index is 0.227. The summed E-state index contributed by atoms with van der Waals surface area (Å²) in [6, 6.07) is 5.69. The van der Waals surface area contributed by atoms with Crippen LogP contribution in [0.15, 0.2) is 18.2 Å². The average molecular weight is 274 g/mol. The van der Waals surface area contributed by atoms with Gasteiger partial charge in [-0.25, -0.2) is 0 Å². The predicted octanol–water partition coefficient (Wildman–Crippen LogP) is 4.56. The molecule has 0 radical (unpaired) electrons. The molecule has 0 fully saturated rings. The molecule has 1 atom stereocenters. The SMILES string of the molecule is CCNCC(C)(CC)Cc1cc(Cl)ccc1Cl. The van der Waals surface area contributed by atoms with E-state index < -0.39 is 0 Å². The van der Waals surface area contributed by atoms with Gasteiger partial charge in [-0.2, -0.15) is 0 Å². The summed E-state index contributed by atoms with van der Waals surface area (Å²) < 4.78 is 0. The van der Waals surface area contributed by atoms with Gasteiger partial charge in [0.2, 0.25) is 0 Å². The standard InChI is InChI=1S/C14H21Cl2N/c1-4-14(3,10-17-5-2)9-11-8-12(15)6-7-13(11)16/h6-8,17H,4-5,9-10H2,1-3H3. The minimum Gasteiger partial charge on any atom is -0.316 e. The lowest BCUT2D eigenvalue weighted by Crippen LogP contribution is -2.33. The highest BCUT2D eigenvalue weighted by Gasteiger charge is 2.23. The van der Waals surface area contributed by atoms with Crippen LogP contribution in [0.3, 0.4) is 0 Å². The maximum absolute atomic E-state index is 6.21. The van der Waals surface area contributed by atoms with Gasteiger partial charge in [-0.05, 0) is 48.6 Å². The molecule has 0 spiro atoms. The second kappa shape index (κ2) is 6.63. The van der Waals surface area contributed by atoms with Gasteiger partial charge in [-0.3, -0.25) is 0 Å². The summed E-state index contributed by atoms with van der Waals surface area (Å²) in [5, 5.41) is 4.98. The molecule has 0 bridgehead atoms. The van der Waals surface area contributed by atoms with Gasteiger partial charge in [0.15, 0.2) is 0 Å². The second-order valence-corrected chi connectivity index (χ2v) is 5.70. The van der Waals surface area contributed by atoms with Crippen molar-refractivity contribution >= 4 is 23.2 Å². The number of halogens is 2. The van der Waals surface area contributed by atoms with Crippen LogP contribution in [0.5, 0.6) is 0 Å². The molecule has 0 aliphatic rings. The maximum atomic E-state index is 6.21. The van der Waals surface area contributed by atoms with Crippen LogP contribution < -0.4 is 5.32 Å². The maximum Gasteiger partial charge on any atom is 0.0439 e. The van der Waals surface area contributed by atoms with Gasteiger partial charge in [-0.1, -0.05) is 44.0 Å². The summed E-state index contributed by atoms with van der Waals surface area (Å²) in [6.07, 6.45) is 2.07. The van der Waals surface area contributed by atoms with E-state index in [2.05, 4.69) is 26.1 Å². The zero-order chi connectivity index (χ0) is 12.9. The fourth-order valence-electron chi connectivity index (χ4n) is 1.88. The van der Waals surface area contributed by atoms with Gasteiger partial charge >= 0.3 is 0 Å². The molecule has 1 N–H and O–H groups in total. The third kappa shape index (κ3) is 4.50. The van der Waals surface area contributed by atoms with Crippen LogP contribution in [0.25, 0.3) is 0 Å². The molecule has 1 nitrogen and oxygen atoms in total. The van der Waals surface area contributed by atoms with E-state index in [1.165, 1.54) is 0 Å². The van der Waals surface area contributed by atoms with Crippen LogP contribution in [0.2, 0.25) is 10.0 Å². The van der Waals surface area contributed by atoms with Crippen molar-refractivity contribution < 1.29 is 0 Å². The largest absolute Gasteiger partial charge is 0.316 e. The number of nitrogens with one attached hydrogen (secondary N) is 1. The molecule has 0 amide bonds. The Bertz CT molecular complexity index is 365. The molecular weight excluding hydrogens is 253 g/mol. The summed E-state index contributed by atoms with van der Waals surface area (Å²) in [6.45, 7) is 8.63. The Labute approximate surface area is 115 Å². The van der Waals surface area contributed by atoms with E-state index in [0.717, 1.165) is 41.5 Å². The van der Waals surface area contributed by atoms with Crippen LogP contribution in [-0.2, 0) is 6.42 Å². The van der Waals surface area contributed by atoms with Gasteiger partial charge in [0, 0.05) is 16.6 Å². The lowest BCUT2D eigenvalue weighted by atomic mass is 9.81. The third-order valence-electron chi connectivity index (χ3n) is 3.28. The molecule has 1 aromatic carbocycles. The van der Waals surface area contributed by atoms with Crippen molar-refractivity contribution in [2.24, 2.45) is 5.41 Å². The van der Waals surface area contributed by atoms with Crippen molar-refractivity contribution in [2.45, 2.75) is 33.6 Å². The molecule has 96 valence electrons. The Morgan fingerprint density at radius 2 is 1.94 bits per heavy atom. The Balaban J connectivity index is 2.82. The highest BCUT2D eigenvalue weighted by atomic mass is 35.5. The van der Waals surface area contributed by atoms with E-state index in [4.69, 9.17) is 23.2 Å². The zero-order valence-corrected chi connectivity index (χ0v) is 12.3. The highest BCUT2D eigenvalue weighted by molar-refractivity contribution is 6.33. The summed E-state index contributed by atoms with van der Waals surface area (Å²) in [7, 11) is 0. The normalized spacial score (nSPS) is 14.6. The molecule has 0 heterocycles.